The van der Waals surface area contributed by atoms with Gasteiger partial charge in [0.05, 0.1) is 28.8 Å². The molecule has 1 amide bonds. The SMILES string of the molecule is CC(C)NS(=O)(=O)c1cc(C(=O)Nc2cnn(-c3ccccc3Cl)c2)ccc1F. The van der Waals surface area contributed by atoms with Gasteiger partial charge in [0.1, 0.15) is 10.7 Å². The fourth-order valence-corrected chi connectivity index (χ4v) is 4.16. The van der Waals surface area contributed by atoms with Crippen molar-refractivity contribution in [3.8, 4) is 5.69 Å². The summed E-state index contributed by atoms with van der Waals surface area (Å²) >= 11 is 6.13. The van der Waals surface area contributed by atoms with Gasteiger partial charge in [0, 0.05) is 11.6 Å². The average molecular weight is 437 g/mol. The molecular formula is C19H18ClFN4O3S. The van der Waals surface area contributed by atoms with Gasteiger partial charge >= 0.3 is 0 Å². The van der Waals surface area contributed by atoms with Crippen molar-refractivity contribution in [2.75, 3.05) is 5.32 Å². The molecule has 0 aliphatic carbocycles. The number of halogens is 2. The number of nitrogens with one attached hydrogen (secondary N) is 2. The van der Waals surface area contributed by atoms with Crippen LogP contribution in [0.15, 0.2) is 59.8 Å². The van der Waals surface area contributed by atoms with E-state index in [9.17, 15) is 17.6 Å². The van der Waals surface area contributed by atoms with Gasteiger partial charge < -0.3 is 5.32 Å². The number of benzene rings is 2. The van der Waals surface area contributed by atoms with E-state index in [2.05, 4.69) is 15.1 Å². The normalized spacial score (nSPS) is 11.6. The van der Waals surface area contributed by atoms with Gasteiger partial charge in [0.15, 0.2) is 0 Å². The molecule has 0 spiro atoms. The molecule has 1 aromatic heterocycles. The van der Waals surface area contributed by atoms with Gasteiger partial charge in [-0.2, -0.15) is 5.10 Å². The van der Waals surface area contributed by atoms with Gasteiger partial charge in [-0.3, -0.25) is 4.79 Å². The number of hydrogen-bond donors (Lipinski definition) is 2. The lowest BCUT2D eigenvalue weighted by molar-refractivity contribution is 0.102. The van der Waals surface area contributed by atoms with Gasteiger partial charge in [-0.1, -0.05) is 23.7 Å². The maximum absolute atomic E-state index is 14.1. The third-order valence-electron chi connectivity index (χ3n) is 3.81. The van der Waals surface area contributed by atoms with Crippen LogP contribution in [0.2, 0.25) is 5.02 Å². The molecule has 152 valence electrons. The summed E-state index contributed by atoms with van der Waals surface area (Å²) in [5, 5.41) is 7.24. The minimum atomic E-state index is -4.09. The summed E-state index contributed by atoms with van der Waals surface area (Å²) in [6, 6.07) is 9.77. The molecule has 7 nitrogen and oxygen atoms in total. The first-order valence-electron chi connectivity index (χ1n) is 8.60. The molecule has 3 aromatic rings. The first kappa shape index (κ1) is 21.0. The van der Waals surface area contributed by atoms with Crippen LogP contribution in [0.5, 0.6) is 0 Å². The minimum absolute atomic E-state index is 0.0129. The summed E-state index contributed by atoms with van der Waals surface area (Å²) in [4.78, 5) is 11.9. The van der Waals surface area contributed by atoms with Crippen LogP contribution < -0.4 is 10.0 Å². The highest BCUT2D eigenvalue weighted by atomic mass is 35.5. The van der Waals surface area contributed by atoms with Crippen LogP contribution >= 0.6 is 11.6 Å². The van der Waals surface area contributed by atoms with Gasteiger partial charge in [-0.25, -0.2) is 22.2 Å². The van der Waals surface area contributed by atoms with Crippen LogP contribution in [0, 0.1) is 5.82 Å². The Hall–Kier alpha value is -2.75. The Balaban J connectivity index is 1.84. The summed E-state index contributed by atoms with van der Waals surface area (Å²) < 4.78 is 42.4. The van der Waals surface area contributed by atoms with E-state index in [1.165, 1.54) is 16.9 Å². The second kappa shape index (κ2) is 8.32. The zero-order chi connectivity index (χ0) is 21.2. The highest BCUT2D eigenvalue weighted by Gasteiger charge is 2.22. The lowest BCUT2D eigenvalue weighted by atomic mass is 10.2. The Kier molecular flexibility index (Phi) is 6.02. The number of aromatic nitrogens is 2. The van der Waals surface area contributed by atoms with Crippen molar-refractivity contribution in [1.29, 1.82) is 0 Å². The number of para-hydroxylation sites is 1. The number of hydrogen-bond acceptors (Lipinski definition) is 4. The number of rotatable bonds is 6. The maximum atomic E-state index is 14.1. The summed E-state index contributed by atoms with van der Waals surface area (Å²) in [6.07, 6.45) is 2.98. The molecule has 1 heterocycles. The second-order valence-corrected chi connectivity index (χ2v) is 8.59. The number of amides is 1. The van der Waals surface area contributed by atoms with Crippen molar-refractivity contribution in [2.24, 2.45) is 0 Å². The van der Waals surface area contributed by atoms with E-state index in [1.54, 1.807) is 44.3 Å². The summed E-state index contributed by atoms with van der Waals surface area (Å²) in [5.74, 6) is -1.55. The van der Waals surface area contributed by atoms with Crippen molar-refractivity contribution in [3.63, 3.8) is 0 Å². The van der Waals surface area contributed by atoms with E-state index in [1.807, 2.05) is 0 Å². The number of nitrogens with zero attached hydrogens (tertiary/aromatic N) is 2. The molecule has 0 radical (unpaired) electrons. The molecule has 0 bridgehead atoms. The fourth-order valence-electron chi connectivity index (χ4n) is 2.58. The molecule has 0 atom stereocenters. The first-order chi connectivity index (χ1) is 13.7. The predicted molar refractivity (Wildman–Crippen MR) is 108 cm³/mol. The molecule has 2 aromatic carbocycles. The van der Waals surface area contributed by atoms with Gasteiger partial charge in [-0.15, -0.1) is 0 Å². The molecule has 0 unspecified atom stereocenters. The Labute approximate surface area is 172 Å². The number of carbonyl (C=O) groups excluding carboxylic acids is 1. The van der Waals surface area contributed by atoms with E-state index < -0.39 is 32.7 Å². The minimum Gasteiger partial charge on any atom is -0.319 e. The highest BCUT2D eigenvalue weighted by Crippen LogP contribution is 2.21. The molecule has 0 fully saturated rings. The largest absolute Gasteiger partial charge is 0.319 e. The Morgan fingerprint density at radius 1 is 1.21 bits per heavy atom. The molecule has 0 aliphatic heterocycles. The average Bonchev–Trinajstić information content (AvgIpc) is 3.09. The van der Waals surface area contributed by atoms with Crippen molar-refractivity contribution < 1.29 is 17.6 Å². The Morgan fingerprint density at radius 2 is 1.93 bits per heavy atom. The molecule has 29 heavy (non-hydrogen) atoms. The predicted octanol–water partition coefficient (Wildman–Crippen LogP) is 3.60. The van der Waals surface area contributed by atoms with Gasteiger partial charge in [0.25, 0.3) is 5.91 Å². The standard InChI is InChI=1S/C19H18ClFN4O3S/c1-12(2)24-29(27,28)18-9-13(7-8-16(18)21)19(26)23-14-10-22-25(11-14)17-6-4-3-5-15(17)20/h3-12,24H,1-2H3,(H,23,26). The zero-order valence-corrected chi connectivity index (χ0v) is 17.1. The number of sulfonamides is 1. The van der Waals surface area contributed by atoms with E-state index >= 15 is 0 Å². The van der Waals surface area contributed by atoms with E-state index in [4.69, 9.17) is 11.6 Å². The van der Waals surface area contributed by atoms with E-state index in [0.717, 1.165) is 12.1 Å². The monoisotopic (exact) mass is 436 g/mol. The van der Waals surface area contributed by atoms with Crippen molar-refractivity contribution in [2.45, 2.75) is 24.8 Å². The van der Waals surface area contributed by atoms with Crippen molar-refractivity contribution >= 4 is 33.2 Å². The first-order valence-corrected chi connectivity index (χ1v) is 10.5. The molecule has 0 saturated carbocycles. The molecular weight excluding hydrogens is 419 g/mol. The zero-order valence-electron chi connectivity index (χ0n) is 15.6. The van der Waals surface area contributed by atoms with Crippen LogP contribution in [0.1, 0.15) is 24.2 Å². The van der Waals surface area contributed by atoms with E-state index in [-0.39, 0.29) is 5.56 Å². The lowest BCUT2D eigenvalue weighted by Gasteiger charge is -2.11. The van der Waals surface area contributed by atoms with E-state index in [0.29, 0.717) is 16.4 Å². The maximum Gasteiger partial charge on any atom is 0.255 e. The van der Waals surface area contributed by atoms with Crippen molar-refractivity contribution in [1.82, 2.24) is 14.5 Å². The Morgan fingerprint density at radius 3 is 2.62 bits per heavy atom. The topological polar surface area (TPSA) is 93.1 Å². The van der Waals surface area contributed by atoms with Crippen LogP contribution in [0.4, 0.5) is 10.1 Å². The smallest absolute Gasteiger partial charge is 0.255 e. The van der Waals surface area contributed by atoms with Crippen LogP contribution in [-0.4, -0.2) is 30.1 Å². The molecule has 2 N–H and O–H groups in total. The lowest BCUT2D eigenvalue weighted by Crippen LogP contribution is -2.31. The molecule has 3 rings (SSSR count). The number of anilines is 1. The van der Waals surface area contributed by atoms with Crippen LogP contribution in [0.3, 0.4) is 0 Å². The molecule has 10 heteroatoms. The number of carbonyl (C=O) groups is 1. The van der Waals surface area contributed by atoms with Crippen LogP contribution in [-0.2, 0) is 10.0 Å². The fraction of sp³-hybridized carbons (Fsp3) is 0.158. The second-order valence-electron chi connectivity index (χ2n) is 6.50. The Bertz CT molecular complexity index is 1160. The van der Waals surface area contributed by atoms with Gasteiger partial charge in [0.2, 0.25) is 10.0 Å². The highest BCUT2D eigenvalue weighted by molar-refractivity contribution is 7.89. The molecule has 0 aliphatic rings. The molecule has 0 saturated heterocycles. The summed E-state index contributed by atoms with van der Waals surface area (Å²) in [7, 11) is -4.09. The third kappa shape index (κ3) is 4.81. The summed E-state index contributed by atoms with van der Waals surface area (Å²) in [6.45, 7) is 3.23. The quantitative estimate of drug-likeness (QED) is 0.617. The van der Waals surface area contributed by atoms with Gasteiger partial charge in [-0.05, 0) is 44.2 Å². The third-order valence-corrected chi connectivity index (χ3v) is 5.81. The van der Waals surface area contributed by atoms with Crippen LogP contribution in [0.25, 0.3) is 5.69 Å². The summed E-state index contributed by atoms with van der Waals surface area (Å²) in [5.41, 5.74) is 0.981. The van der Waals surface area contributed by atoms with Crippen molar-refractivity contribution in [3.05, 3.63) is 71.3 Å².